The summed E-state index contributed by atoms with van der Waals surface area (Å²) >= 11 is 0. The van der Waals surface area contributed by atoms with Crippen LogP contribution in [0.2, 0.25) is 0 Å². The Labute approximate surface area is 117 Å². The van der Waals surface area contributed by atoms with Gasteiger partial charge in [-0.25, -0.2) is 9.97 Å². The van der Waals surface area contributed by atoms with Gasteiger partial charge >= 0.3 is 0 Å². The van der Waals surface area contributed by atoms with Crippen molar-refractivity contribution < 1.29 is 0 Å². The highest BCUT2D eigenvalue weighted by atomic mass is 15.1. The minimum atomic E-state index is 0.713. The second kappa shape index (κ2) is 4.52. The maximum atomic E-state index is 5.95. The van der Waals surface area contributed by atoms with Crippen LogP contribution in [-0.4, -0.2) is 29.0 Å². The molecule has 0 saturated heterocycles. The van der Waals surface area contributed by atoms with Crippen LogP contribution in [0.15, 0.2) is 30.3 Å². The lowest BCUT2D eigenvalue weighted by atomic mass is 10.1. The first-order valence-electron chi connectivity index (χ1n) is 6.45. The Morgan fingerprint density at radius 1 is 1.10 bits per heavy atom. The summed E-state index contributed by atoms with van der Waals surface area (Å²) in [5.74, 6) is 1.68. The zero-order chi connectivity index (χ0) is 14.3. The molecule has 3 rings (SSSR count). The van der Waals surface area contributed by atoms with Crippen molar-refractivity contribution in [2.75, 3.05) is 24.7 Å². The number of aromatic amines is 1. The van der Waals surface area contributed by atoms with Crippen molar-refractivity contribution >= 4 is 22.7 Å². The van der Waals surface area contributed by atoms with Crippen molar-refractivity contribution in [1.29, 1.82) is 0 Å². The summed E-state index contributed by atoms with van der Waals surface area (Å²) in [6, 6.07) is 9.90. The van der Waals surface area contributed by atoms with E-state index < -0.39 is 0 Å². The summed E-state index contributed by atoms with van der Waals surface area (Å²) < 4.78 is 0. The molecule has 0 atom stereocenters. The third kappa shape index (κ3) is 2.07. The molecule has 20 heavy (non-hydrogen) atoms. The molecule has 3 aromatic rings. The molecular formula is C15H17N5. The van der Waals surface area contributed by atoms with Crippen LogP contribution in [-0.2, 0) is 0 Å². The van der Waals surface area contributed by atoms with Crippen LogP contribution < -0.4 is 10.6 Å². The second-order valence-electron chi connectivity index (χ2n) is 5.09. The number of nitrogens with zero attached hydrogens (tertiary/aromatic N) is 3. The number of hydrogen-bond acceptors (Lipinski definition) is 4. The largest absolute Gasteiger partial charge is 0.398 e. The van der Waals surface area contributed by atoms with Gasteiger partial charge in [-0.3, -0.25) is 0 Å². The van der Waals surface area contributed by atoms with Gasteiger partial charge in [0.05, 0.1) is 5.52 Å². The molecule has 0 aliphatic carbocycles. The highest BCUT2D eigenvalue weighted by Crippen LogP contribution is 2.24. The molecule has 0 saturated carbocycles. The van der Waals surface area contributed by atoms with Crippen LogP contribution in [0.4, 0.5) is 11.5 Å². The monoisotopic (exact) mass is 267 g/mol. The van der Waals surface area contributed by atoms with Gasteiger partial charge in [0.2, 0.25) is 0 Å². The SMILES string of the molecule is Cc1ccc(-c2nc3nc(N(C)C)ccc3[nH]2)cc1N. The fraction of sp³-hybridized carbons (Fsp3) is 0.200. The van der Waals surface area contributed by atoms with Crippen molar-refractivity contribution in [1.82, 2.24) is 15.0 Å². The van der Waals surface area contributed by atoms with E-state index >= 15 is 0 Å². The number of hydrogen-bond donors (Lipinski definition) is 2. The molecule has 0 bridgehead atoms. The number of fused-ring (bicyclic) bond motifs is 1. The van der Waals surface area contributed by atoms with Gasteiger partial charge in [0, 0.05) is 25.3 Å². The number of nitrogen functional groups attached to an aromatic ring is 1. The second-order valence-corrected chi connectivity index (χ2v) is 5.09. The van der Waals surface area contributed by atoms with Crippen LogP contribution in [0.25, 0.3) is 22.6 Å². The summed E-state index contributed by atoms with van der Waals surface area (Å²) in [6.45, 7) is 1.99. The zero-order valence-corrected chi connectivity index (χ0v) is 11.8. The molecule has 3 N–H and O–H groups in total. The summed E-state index contributed by atoms with van der Waals surface area (Å²) in [5, 5.41) is 0. The van der Waals surface area contributed by atoms with E-state index in [2.05, 4.69) is 15.0 Å². The average molecular weight is 267 g/mol. The molecule has 0 amide bonds. The smallest absolute Gasteiger partial charge is 0.180 e. The number of imidazole rings is 1. The Kier molecular flexibility index (Phi) is 2.82. The number of benzene rings is 1. The highest BCUT2D eigenvalue weighted by molar-refractivity contribution is 5.78. The van der Waals surface area contributed by atoms with E-state index in [9.17, 15) is 0 Å². The molecule has 0 unspecified atom stereocenters. The van der Waals surface area contributed by atoms with Crippen molar-refractivity contribution in [2.24, 2.45) is 0 Å². The Hall–Kier alpha value is -2.56. The van der Waals surface area contributed by atoms with Gasteiger partial charge in [0.1, 0.15) is 11.6 Å². The highest BCUT2D eigenvalue weighted by Gasteiger charge is 2.08. The van der Waals surface area contributed by atoms with Crippen LogP contribution in [0.5, 0.6) is 0 Å². The number of pyridine rings is 1. The molecule has 5 heteroatoms. The first-order chi connectivity index (χ1) is 9.54. The van der Waals surface area contributed by atoms with E-state index in [1.165, 1.54) is 0 Å². The molecule has 0 radical (unpaired) electrons. The van der Waals surface area contributed by atoms with Crippen molar-refractivity contribution in [2.45, 2.75) is 6.92 Å². The average Bonchev–Trinajstić information content (AvgIpc) is 2.84. The molecule has 0 aliphatic heterocycles. The third-order valence-electron chi connectivity index (χ3n) is 3.34. The number of aromatic nitrogens is 3. The summed E-state index contributed by atoms with van der Waals surface area (Å²) in [7, 11) is 3.92. The fourth-order valence-electron chi connectivity index (χ4n) is 2.06. The first-order valence-corrected chi connectivity index (χ1v) is 6.45. The van der Waals surface area contributed by atoms with Crippen LogP contribution >= 0.6 is 0 Å². The molecule has 2 aromatic heterocycles. The van der Waals surface area contributed by atoms with Crippen molar-refractivity contribution in [3.8, 4) is 11.4 Å². The quantitative estimate of drug-likeness (QED) is 0.700. The molecule has 5 nitrogen and oxygen atoms in total. The van der Waals surface area contributed by atoms with Crippen molar-refractivity contribution in [3.05, 3.63) is 35.9 Å². The van der Waals surface area contributed by atoms with E-state index in [4.69, 9.17) is 5.73 Å². The van der Waals surface area contributed by atoms with E-state index in [1.807, 2.05) is 56.3 Å². The van der Waals surface area contributed by atoms with Crippen LogP contribution in [0, 0.1) is 6.92 Å². The fourth-order valence-corrected chi connectivity index (χ4v) is 2.06. The third-order valence-corrected chi connectivity index (χ3v) is 3.34. The van der Waals surface area contributed by atoms with Gasteiger partial charge in [-0.05, 0) is 30.7 Å². The van der Waals surface area contributed by atoms with Gasteiger partial charge in [0.15, 0.2) is 5.65 Å². The lowest BCUT2D eigenvalue weighted by Crippen LogP contribution is -2.10. The van der Waals surface area contributed by atoms with Gasteiger partial charge in [-0.2, -0.15) is 0 Å². The molecule has 0 fully saturated rings. The van der Waals surface area contributed by atoms with E-state index in [0.29, 0.717) is 5.65 Å². The minimum Gasteiger partial charge on any atom is -0.398 e. The lowest BCUT2D eigenvalue weighted by molar-refractivity contribution is 1.08. The molecule has 1 aromatic carbocycles. The Bertz CT molecular complexity index is 773. The van der Waals surface area contributed by atoms with E-state index in [1.54, 1.807) is 0 Å². The number of rotatable bonds is 2. The number of nitrogens with one attached hydrogen (secondary N) is 1. The number of nitrogens with two attached hydrogens (primary N) is 1. The first kappa shape index (κ1) is 12.5. The molecule has 0 spiro atoms. The standard InChI is InChI=1S/C15H17N5/c1-9-4-5-10(8-11(9)16)14-17-12-6-7-13(20(2)3)18-15(12)19-14/h4-8H,16H2,1-3H3,(H,17,18,19). The normalized spacial score (nSPS) is 10.9. The molecule has 2 heterocycles. The molecular weight excluding hydrogens is 250 g/mol. The maximum Gasteiger partial charge on any atom is 0.180 e. The molecule has 0 aliphatic rings. The number of anilines is 2. The van der Waals surface area contributed by atoms with Gasteiger partial charge < -0.3 is 15.6 Å². The Morgan fingerprint density at radius 3 is 2.60 bits per heavy atom. The predicted octanol–water partition coefficient (Wildman–Crippen LogP) is 2.58. The van der Waals surface area contributed by atoms with E-state index in [0.717, 1.165) is 34.0 Å². The van der Waals surface area contributed by atoms with Gasteiger partial charge in [-0.15, -0.1) is 0 Å². The summed E-state index contributed by atoms with van der Waals surface area (Å²) in [4.78, 5) is 14.3. The molecule has 102 valence electrons. The number of aryl methyl sites for hydroxylation is 1. The van der Waals surface area contributed by atoms with Crippen LogP contribution in [0.3, 0.4) is 0 Å². The van der Waals surface area contributed by atoms with Gasteiger partial charge in [0.25, 0.3) is 0 Å². The lowest BCUT2D eigenvalue weighted by Gasteiger charge is -2.09. The van der Waals surface area contributed by atoms with Crippen molar-refractivity contribution in [3.63, 3.8) is 0 Å². The van der Waals surface area contributed by atoms with E-state index in [-0.39, 0.29) is 0 Å². The Morgan fingerprint density at radius 2 is 1.90 bits per heavy atom. The van der Waals surface area contributed by atoms with Gasteiger partial charge in [-0.1, -0.05) is 12.1 Å². The predicted molar refractivity (Wildman–Crippen MR) is 82.8 cm³/mol. The number of H-pyrrole nitrogens is 1. The Balaban J connectivity index is 2.10. The van der Waals surface area contributed by atoms with Crippen LogP contribution in [0.1, 0.15) is 5.56 Å². The maximum absolute atomic E-state index is 5.95. The zero-order valence-electron chi connectivity index (χ0n) is 11.8. The summed E-state index contributed by atoms with van der Waals surface area (Å²) in [6.07, 6.45) is 0. The topological polar surface area (TPSA) is 70.8 Å². The minimum absolute atomic E-state index is 0.713. The summed E-state index contributed by atoms with van der Waals surface area (Å²) in [5.41, 5.74) is 10.4.